The lowest BCUT2D eigenvalue weighted by Crippen LogP contribution is -2.23. The molecule has 2 aromatic carbocycles. The van der Waals surface area contributed by atoms with E-state index in [9.17, 15) is 27.1 Å². The molecule has 1 atom stereocenters. The van der Waals surface area contributed by atoms with Crippen molar-refractivity contribution in [3.63, 3.8) is 0 Å². The summed E-state index contributed by atoms with van der Waals surface area (Å²) in [6.07, 6.45) is 2.67. The fourth-order valence-corrected chi connectivity index (χ4v) is 6.16. The minimum atomic E-state index is -4.06. The van der Waals surface area contributed by atoms with E-state index in [1.54, 1.807) is 55.6 Å². The highest BCUT2D eigenvalue weighted by molar-refractivity contribution is 7.91. The molecule has 0 aliphatic heterocycles. The summed E-state index contributed by atoms with van der Waals surface area (Å²) in [5, 5.41) is 8.78. The second-order valence-corrected chi connectivity index (χ2v) is 12.7. The molecule has 1 unspecified atom stereocenters. The van der Waals surface area contributed by atoms with Crippen LogP contribution in [0.1, 0.15) is 40.6 Å². The van der Waals surface area contributed by atoms with Gasteiger partial charge in [-0.15, -0.1) is 0 Å². The lowest BCUT2D eigenvalue weighted by atomic mass is 10.1. The molecule has 0 aliphatic rings. The maximum absolute atomic E-state index is 14.9. The number of benzene rings is 2. The van der Waals surface area contributed by atoms with E-state index in [1.807, 2.05) is 18.2 Å². The van der Waals surface area contributed by atoms with E-state index < -0.39 is 38.3 Å². The molecule has 238 valence electrons. The summed E-state index contributed by atoms with van der Waals surface area (Å²) in [5.41, 5.74) is 2.17. The van der Waals surface area contributed by atoms with Crippen LogP contribution in [0.4, 0.5) is 8.78 Å². The van der Waals surface area contributed by atoms with Gasteiger partial charge in [0.05, 0.1) is 30.7 Å². The van der Waals surface area contributed by atoms with Gasteiger partial charge in [0.2, 0.25) is 15.0 Å². The van der Waals surface area contributed by atoms with Crippen LogP contribution in [0.5, 0.6) is 0 Å². The van der Waals surface area contributed by atoms with Crippen LogP contribution in [-0.2, 0) is 34.1 Å². The standard InChI is InChI=1S/C34H32F2N4O5S/c1-23-17-31(27-19-30(36)33(42)40(21-27)20-24-11-14-37-28(18-24)12-15-41)39-34(38-23)46(43,44)16-13-32(25-7-3-2-4-8-25)45-22-26-9-5-6-10-29(26)35/h2-11,14,17-19,21,32,41H,12-13,15-16,20,22H2,1H3. The Hall–Kier alpha value is -4.65. The molecule has 0 saturated carbocycles. The normalized spacial score (nSPS) is 12.3. The van der Waals surface area contributed by atoms with Crippen molar-refractivity contribution in [2.75, 3.05) is 12.4 Å². The smallest absolute Gasteiger partial charge is 0.286 e. The monoisotopic (exact) mass is 646 g/mol. The maximum Gasteiger partial charge on any atom is 0.286 e. The van der Waals surface area contributed by atoms with Crippen molar-refractivity contribution < 1.29 is 27.0 Å². The zero-order valence-electron chi connectivity index (χ0n) is 25.0. The van der Waals surface area contributed by atoms with E-state index in [4.69, 9.17) is 4.74 Å². The van der Waals surface area contributed by atoms with Crippen molar-refractivity contribution in [2.45, 2.75) is 44.2 Å². The third-order valence-electron chi connectivity index (χ3n) is 7.27. The Morgan fingerprint density at radius 2 is 1.72 bits per heavy atom. The number of aliphatic hydroxyl groups excluding tert-OH is 1. The molecular weight excluding hydrogens is 614 g/mol. The minimum Gasteiger partial charge on any atom is -0.396 e. The van der Waals surface area contributed by atoms with E-state index in [1.165, 1.54) is 22.9 Å². The zero-order chi connectivity index (χ0) is 32.7. The van der Waals surface area contributed by atoms with E-state index in [0.29, 0.717) is 28.9 Å². The molecule has 5 aromatic rings. The first kappa shape index (κ1) is 32.7. The summed E-state index contributed by atoms with van der Waals surface area (Å²) >= 11 is 0. The second kappa shape index (κ2) is 14.6. The van der Waals surface area contributed by atoms with Crippen LogP contribution < -0.4 is 5.56 Å². The number of pyridine rings is 2. The van der Waals surface area contributed by atoms with Gasteiger partial charge in [0, 0.05) is 47.9 Å². The first-order chi connectivity index (χ1) is 22.1. The summed E-state index contributed by atoms with van der Waals surface area (Å²) in [5.74, 6) is -1.82. The molecule has 0 fully saturated rings. The quantitative estimate of drug-likeness (QED) is 0.178. The number of nitrogens with zero attached hydrogens (tertiary/aromatic N) is 4. The van der Waals surface area contributed by atoms with Crippen LogP contribution in [0.3, 0.4) is 0 Å². The summed E-state index contributed by atoms with van der Waals surface area (Å²) in [4.78, 5) is 25.3. The van der Waals surface area contributed by atoms with Gasteiger partial charge in [-0.3, -0.25) is 9.78 Å². The van der Waals surface area contributed by atoms with Crippen molar-refractivity contribution in [1.82, 2.24) is 19.5 Å². The third kappa shape index (κ3) is 8.13. The summed E-state index contributed by atoms with van der Waals surface area (Å²) in [7, 11) is -4.06. The molecule has 0 amide bonds. The number of hydrogen-bond donors (Lipinski definition) is 1. The Morgan fingerprint density at radius 1 is 0.957 bits per heavy atom. The molecule has 0 bridgehead atoms. The van der Waals surface area contributed by atoms with Gasteiger partial charge in [0.25, 0.3) is 5.56 Å². The molecule has 0 radical (unpaired) electrons. The Bertz CT molecular complexity index is 1990. The minimum absolute atomic E-state index is 0.0213. The largest absolute Gasteiger partial charge is 0.396 e. The number of halogens is 2. The number of ether oxygens (including phenoxy) is 1. The van der Waals surface area contributed by atoms with Gasteiger partial charge < -0.3 is 14.4 Å². The number of rotatable bonds is 13. The second-order valence-electron chi connectivity index (χ2n) is 10.7. The highest BCUT2D eigenvalue weighted by Crippen LogP contribution is 2.26. The fraction of sp³-hybridized carbons (Fsp3) is 0.235. The molecule has 46 heavy (non-hydrogen) atoms. The lowest BCUT2D eigenvalue weighted by Gasteiger charge is -2.19. The van der Waals surface area contributed by atoms with Crippen LogP contribution in [0, 0.1) is 18.6 Å². The van der Waals surface area contributed by atoms with Crippen molar-refractivity contribution >= 4 is 9.84 Å². The van der Waals surface area contributed by atoms with Crippen LogP contribution >= 0.6 is 0 Å². The third-order valence-corrected chi connectivity index (χ3v) is 8.78. The SMILES string of the molecule is Cc1cc(-c2cc(F)c(=O)n(Cc3ccnc(CCO)c3)c2)nc(S(=O)(=O)CCC(OCc2ccccc2F)c2ccccc2)n1. The molecule has 3 heterocycles. The lowest BCUT2D eigenvalue weighted by molar-refractivity contribution is 0.0361. The Morgan fingerprint density at radius 3 is 2.48 bits per heavy atom. The summed E-state index contributed by atoms with van der Waals surface area (Å²) in [6.45, 7) is 1.47. The predicted octanol–water partition coefficient (Wildman–Crippen LogP) is 4.99. The topological polar surface area (TPSA) is 124 Å². The molecule has 0 saturated heterocycles. The molecule has 0 spiro atoms. The van der Waals surface area contributed by atoms with Gasteiger partial charge in [-0.05, 0) is 54.8 Å². The first-order valence-electron chi connectivity index (χ1n) is 14.6. The first-order valence-corrected chi connectivity index (χ1v) is 16.2. The van der Waals surface area contributed by atoms with Gasteiger partial charge in [0.15, 0.2) is 5.82 Å². The van der Waals surface area contributed by atoms with E-state index >= 15 is 0 Å². The molecule has 3 aromatic heterocycles. The number of hydrogen-bond acceptors (Lipinski definition) is 8. The Kier molecular flexibility index (Phi) is 10.4. The van der Waals surface area contributed by atoms with E-state index in [-0.39, 0.29) is 43.2 Å². The van der Waals surface area contributed by atoms with Gasteiger partial charge in [-0.2, -0.15) is 0 Å². The highest BCUT2D eigenvalue weighted by Gasteiger charge is 2.24. The van der Waals surface area contributed by atoms with Crippen LogP contribution in [0.25, 0.3) is 11.3 Å². The van der Waals surface area contributed by atoms with Crippen LogP contribution in [0.2, 0.25) is 0 Å². The molecule has 12 heteroatoms. The van der Waals surface area contributed by atoms with Gasteiger partial charge >= 0.3 is 0 Å². The van der Waals surface area contributed by atoms with Crippen LogP contribution in [-0.4, -0.2) is 45.4 Å². The Labute approximate surface area is 265 Å². The molecule has 9 nitrogen and oxygen atoms in total. The fourth-order valence-electron chi connectivity index (χ4n) is 4.93. The molecule has 1 N–H and O–H groups in total. The number of aryl methyl sites for hydroxylation is 1. The predicted molar refractivity (Wildman–Crippen MR) is 168 cm³/mol. The van der Waals surface area contributed by atoms with Gasteiger partial charge in [0.1, 0.15) is 5.82 Å². The highest BCUT2D eigenvalue weighted by atomic mass is 32.2. The average Bonchev–Trinajstić information content (AvgIpc) is 3.04. The number of sulfone groups is 1. The summed E-state index contributed by atoms with van der Waals surface area (Å²) in [6, 6.07) is 21.2. The Balaban J connectivity index is 1.39. The van der Waals surface area contributed by atoms with Gasteiger partial charge in [-0.1, -0.05) is 48.5 Å². The van der Waals surface area contributed by atoms with E-state index in [0.717, 1.165) is 11.6 Å². The summed E-state index contributed by atoms with van der Waals surface area (Å²) < 4.78 is 63.4. The zero-order valence-corrected chi connectivity index (χ0v) is 25.8. The van der Waals surface area contributed by atoms with Crippen molar-refractivity contribution in [3.8, 4) is 11.3 Å². The molecular formula is C34H32F2N4O5S. The number of aliphatic hydroxyl groups is 1. The van der Waals surface area contributed by atoms with E-state index in [2.05, 4.69) is 15.0 Å². The van der Waals surface area contributed by atoms with Crippen LogP contribution in [0.15, 0.2) is 101 Å². The average molecular weight is 647 g/mol. The molecule has 5 rings (SSSR count). The van der Waals surface area contributed by atoms with Crippen molar-refractivity contribution in [1.29, 1.82) is 0 Å². The van der Waals surface area contributed by atoms with Crippen molar-refractivity contribution in [3.05, 3.63) is 141 Å². The van der Waals surface area contributed by atoms with Gasteiger partial charge in [-0.25, -0.2) is 27.2 Å². The molecule has 0 aliphatic carbocycles. The maximum atomic E-state index is 14.9. The van der Waals surface area contributed by atoms with Crippen molar-refractivity contribution in [2.24, 2.45) is 0 Å². The number of aromatic nitrogens is 4.